The largest absolute Gasteiger partial charge is 0.449 e. The molecule has 1 aliphatic rings. The van der Waals surface area contributed by atoms with Gasteiger partial charge < -0.3 is 15.0 Å². The lowest BCUT2D eigenvalue weighted by molar-refractivity contribution is 0.0621. The van der Waals surface area contributed by atoms with Crippen LogP contribution in [0.2, 0.25) is 0 Å². The number of carbonyl (C=O) groups is 1. The number of sulfone groups is 1. The highest BCUT2D eigenvalue weighted by atomic mass is 32.2. The van der Waals surface area contributed by atoms with E-state index in [1.165, 1.54) is 18.5 Å². The van der Waals surface area contributed by atoms with E-state index in [-0.39, 0.29) is 34.0 Å². The molecule has 4 rings (SSSR count). The highest BCUT2D eigenvalue weighted by Gasteiger charge is 2.28. The van der Waals surface area contributed by atoms with E-state index in [0.717, 1.165) is 6.07 Å². The fourth-order valence-electron chi connectivity index (χ4n) is 3.94. The van der Waals surface area contributed by atoms with Crippen molar-refractivity contribution in [3.8, 4) is 0 Å². The number of carbonyl (C=O) groups excluding carboxylic acids is 1. The zero-order valence-corrected chi connectivity index (χ0v) is 22.4. The Labute approximate surface area is 215 Å². The van der Waals surface area contributed by atoms with E-state index < -0.39 is 20.9 Å². The van der Waals surface area contributed by atoms with Gasteiger partial charge in [-0.25, -0.2) is 32.3 Å². The predicted octanol–water partition coefficient (Wildman–Crippen LogP) is 4.11. The minimum atomic E-state index is -3.60. The molecule has 0 unspecified atom stereocenters. The number of piperidine rings is 1. The van der Waals surface area contributed by atoms with Crippen LogP contribution in [0.4, 0.5) is 20.7 Å². The van der Waals surface area contributed by atoms with Gasteiger partial charge in [-0.3, -0.25) is 0 Å². The van der Waals surface area contributed by atoms with E-state index in [1.54, 1.807) is 23.4 Å². The van der Waals surface area contributed by atoms with Crippen LogP contribution in [0.5, 0.6) is 0 Å². The van der Waals surface area contributed by atoms with Gasteiger partial charge in [0.15, 0.2) is 26.8 Å². The van der Waals surface area contributed by atoms with E-state index >= 15 is 0 Å². The monoisotopic (exact) mass is 533 g/mol. The number of rotatable bonds is 6. The van der Waals surface area contributed by atoms with Gasteiger partial charge in [0.2, 0.25) is 0 Å². The lowest BCUT2D eigenvalue weighted by atomic mass is 9.99. The second kappa shape index (κ2) is 10.2. The van der Waals surface area contributed by atoms with E-state index in [0.29, 0.717) is 43.7 Å². The first kappa shape index (κ1) is 26.7. The normalized spacial score (nSPS) is 15.4. The number of halogens is 1. The maximum atomic E-state index is 14.8. The summed E-state index contributed by atoms with van der Waals surface area (Å²) in [5, 5.41) is 10.7. The van der Waals surface area contributed by atoms with Crippen molar-refractivity contribution in [2.24, 2.45) is 5.41 Å². The minimum absolute atomic E-state index is 0.0309. The number of benzene rings is 1. The average Bonchev–Trinajstić information content (AvgIpc) is 3.28. The van der Waals surface area contributed by atoms with E-state index in [1.807, 2.05) is 20.8 Å². The van der Waals surface area contributed by atoms with Gasteiger partial charge in [-0.2, -0.15) is 0 Å². The van der Waals surface area contributed by atoms with Gasteiger partial charge in [0.05, 0.1) is 28.5 Å². The van der Waals surface area contributed by atoms with Crippen LogP contribution in [-0.2, 0) is 14.6 Å². The lowest BCUT2D eigenvalue weighted by Gasteiger charge is -2.32. The maximum absolute atomic E-state index is 14.8. The summed E-state index contributed by atoms with van der Waals surface area (Å²) in [6, 6.07) is 3.68. The van der Waals surface area contributed by atoms with Crippen LogP contribution in [0.25, 0.3) is 11.2 Å². The second-order valence-electron chi connectivity index (χ2n) is 10.6. The standard InChI is InChI=1S/C24H32FN7O4S/c1-15(2)37(34,35)17-6-7-19(18(25)12-17)28-21-20-22(27-14-26-21)32(30-29-20)16-8-10-31(11-9-16)23(33)36-13-24(3,4)5/h6-7,12,14-16H,8-11,13H2,1-5H3,(H,26,27,28). The molecule has 2 aromatic heterocycles. The summed E-state index contributed by atoms with van der Waals surface area (Å²) >= 11 is 0. The third kappa shape index (κ3) is 5.81. The molecule has 200 valence electrons. The van der Waals surface area contributed by atoms with Crippen molar-refractivity contribution in [1.29, 1.82) is 0 Å². The molecular weight excluding hydrogens is 501 g/mol. The van der Waals surface area contributed by atoms with Gasteiger partial charge in [0.25, 0.3) is 0 Å². The number of ether oxygens (including phenoxy) is 1. The zero-order valence-electron chi connectivity index (χ0n) is 21.6. The molecule has 11 nitrogen and oxygen atoms in total. The van der Waals surface area contributed by atoms with Crippen molar-refractivity contribution in [1.82, 2.24) is 29.9 Å². The second-order valence-corrected chi connectivity index (χ2v) is 13.1. The van der Waals surface area contributed by atoms with Crippen molar-refractivity contribution in [2.75, 3.05) is 25.0 Å². The quantitative estimate of drug-likeness (QED) is 0.497. The van der Waals surface area contributed by atoms with Crippen LogP contribution in [0.3, 0.4) is 0 Å². The minimum Gasteiger partial charge on any atom is -0.449 e. The Balaban J connectivity index is 1.48. The van der Waals surface area contributed by atoms with Crippen LogP contribution in [0, 0.1) is 11.2 Å². The zero-order chi connectivity index (χ0) is 27.0. The smallest absolute Gasteiger partial charge is 0.409 e. The molecule has 0 atom stereocenters. The van der Waals surface area contributed by atoms with Crippen molar-refractivity contribution < 1.29 is 22.3 Å². The topological polar surface area (TPSA) is 132 Å². The van der Waals surface area contributed by atoms with Gasteiger partial charge in [-0.15, -0.1) is 5.10 Å². The number of nitrogens with one attached hydrogen (secondary N) is 1. The molecule has 13 heteroatoms. The summed E-state index contributed by atoms with van der Waals surface area (Å²) in [5.41, 5.74) is 0.785. The van der Waals surface area contributed by atoms with Gasteiger partial charge in [-0.05, 0) is 50.3 Å². The Kier molecular flexibility index (Phi) is 7.36. The Morgan fingerprint density at radius 2 is 1.92 bits per heavy atom. The molecule has 0 bridgehead atoms. The number of amides is 1. The first-order valence-electron chi connectivity index (χ1n) is 12.1. The molecule has 3 heterocycles. The van der Waals surface area contributed by atoms with Gasteiger partial charge >= 0.3 is 6.09 Å². The van der Waals surface area contributed by atoms with E-state index in [4.69, 9.17) is 4.74 Å². The predicted molar refractivity (Wildman–Crippen MR) is 136 cm³/mol. The Morgan fingerprint density at radius 1 is 1.22 bits per heavy atom. The lowest BCUT2D eigenvalue weighted by Crippen LogP contribution is -2.40. The summed E-state index contributed by atoms with van der Waals surface area (Å²) in [4.78, 5) is 22.5. The highest BCUT2D eigenvalue weighted by molar-refractivity contribution is 7.92. The fraction of sp³-hybridized carbons (Fsp3) is 0.542. The van der Waals surface area contributed by atoms with Crippen LogP contribution in [-0.4, -0.2) is 69.3 Å². The maximum Gasteiger partial charge on any atom is 0.409 e. The van der Waals surface area contributed by atoms with Gasteiger partial charge in [0, 0.05) is 13.1 Å². The van der Waals surface area contributed by atoms with Crippen molar-refractivity contribution in [2.45, 2.75) is 63.6 Å². The molecule has 1 N–H and O–H groups in total. The number of likely N-dealkylation sites (tertiary alicyclic amines) is 1. The van der Waals surface area contributed by atoms with Crippen molar-refractivity contribution in [3.05, 3.63) is 30.3 Å². The van der Waals surface area contributed by atoms with Gasteiger partial charge in [-0.1, -0.05) is 26.0 Å². The number of hydrogen-bond acceptors (Lipinski definition) is 9. The summed E-state index contributed by atoms with van der Waals surface area (Å²) in [6.07, 6.45) is 2.31. The summed E-state index contributed by atoms with van der Waals surface area (Å²) in [5.74, 6) is -0.482. The summed E-state index contributed by atoms with van der Waals surface area (Å²) in [7, 11) is -3.60. The first-order chi connectivity index (χ1) is 17.4. The highest BCUT2D eigenvalue weighted by Crippen LogP contribution is 2.29. The number of anilines is 2. The average molecular weight is 534 g/mol. The number of hydrogen-bond donors (Lipinski definition) is 1. The molecule has 3 aromatic rings. The Morgan fingerprint density at radius 3 is 2.54 bits per heavy atom. The molecule has 1 aromatic carbocycles. The number of aromatic nitrogens is 5. The molecule has 1 amide bonds. The summed E-state index contributed by atoms with van der Waals surface area (Å²) in [6.45, 7) is 10.5. The molecule has 0 aliphatic carbocycles. The number of nitrogens with zero attached hydrogens (tertiary/aromatic N) is 6. The molecule has 1 saturated heterocycles. The van der Waals surface area contributed by atoms with Crippen molar-refractivity contribution in [3.63, 3.8) is 0 Å². The number of fused-ring (bicyclic) bond motifs is 1. The third-order valence-electron chi connectivity index (χ3n) is 6.10. The molecule has 0 spiro atoms. The third-order valence-corrected chi connectivity index (χ3v) is 8.25. The summed E-state index contributed by atoms with van der Waals surface area (Å²) < 4.78 is 46.6. The molecule has 0 radical (unpaired) electrons. The van der Waals surface area contributed by atoms with Gasteiger partial charge in [0.1, 0.15) is 12.1 Å². The first-order valence-corrected chi connectivity index (χ1v) is 13.7. The van der Waals surface area contributed by atoms with Crippen LogP contribution in [0.15, 0.2) is 29.4 Å². The van der Waals surface area contributed by atoms with Crippen LogP contribution < -0.4 is 5.32 Å². The molecule has 0 saturated carbocycles. The van der Waals surface area contributed by atoms with Crippen LogP contribution >= 0.6 is 0 Å². The molecule has 1 aliphatic heterocycles. The molecular formula is C24H32FN7O4S. The Hall–Kier alpha value is -3.35. The van der Waals surface area contributed by atoms with E-state index in [9.17, 15) is 17.6 Å². The van der Waals surface area contributed by atoms with E-state index in [2.05, 4.69) is 25.6 Å². The van der Waals surface area contributed by atoms with Crippen molar-refractivity contribution >= 4 is 38.6 Å². The molecule has 1 fully saturated rings. The Bertz CT molecular complexity index is 1390. The van der Waals surface area contributed by atoms with Crippen LogP contribution in [0.1, 0.15) is 53.5 Å². The SMILES string of the molecule is CC(C)S(=O)(=O)c1ccc(Nc2ncnc3c2nnn3C2CCN(C(=O)OCC(C)(C)C)CC2)c(F)c1. The molecule has 37 heavy (non-hydrogen) atoms. The fourth-order valence-corrected chi connectivity index (χ4v) is 5.01.